The molecule has 1 amide bonds. The van der Waals surface area contributed by atoms with E-state index in [-0.39, 0.29) is 29.7 Å². The van der Waals surface area contributed by atoms with Crippen molar-refractivity contribution in [3.05, 3.63) is 21.8 Å². The number of hydrogen-bond acceptors (Lipinski definition) is 8. The lowest BCUT2D eigenvalue weighted by Crippen LogP contribution is -2.20. The van der Waals surface area contributed by atoms with Crippen LogP contribution in [0.25, 0.3) is 0 Å². The molecule has 0 spiro atoms. The number of thiophene rings is 1. The smallest absolute Gasteiger partial charge is 0.341 e. The summed E-state index contributed by atoms with van der Waals surface area (Å²) in [5.74, 6) is 0.815. The number of anilines is 1. The zero-order chi connectivity index (χ0) is 24.1. The molecule has 4 rings (SSSR count). The maximum atomic E-state index is 12.9. The molecule has 1 N–H and O–H groups in total. The summed E-state index contributed by atoms with van der Waals surface area (Å²) in [4.78, 5) is 26.9. The molecule has 1 saturated heterocycles. The molecular formula is C24H34N4O4S2. The average molecular weight is 507 g/mol. The first-order chi connectivity index (χ1) is 16.5. The van der Waals surface area contributed by atoms with Crippen molar-refractivity contribution in [2.24, 2.45) is 0 Å². The van der Waals surface area contributed by atoms with Crippen LogP contribution in [0.3, 0.4) is 0 Å². The molecule has 1 unspecified atom stereocenters. The minimum Gasteiger partial charge on any atom is -0.462 e. The molecule has 0 saturated carbocycles. The van der Waals surface area contributed by atoms with Crippen molar-refractivity contribution >= 4 is 40.0 Å². The van der Waals surface area contributed by atoms with Crippen molar-refractivity contribution < 1.29 is 19.1 Å². The molecule has 10 heteroatoms. The Morgan fingerprint density at radius 2 is 2.06 bits per heavy atom. The molecule has 0 radical (unpaired) electrons. The molecule has 1 aliphatic heterocycles. The number of ether oxygens (including phenoxy) is 2. The fourth-order valence-electron chi connectivity index (χ4n) is 4.54. The zero-order valence-corrected chi connectivity index (χ0v) is 21.9. The third-order valence-corrected chi connectivity index (χ3v) is 8.33. The van der Waals surface area contributed by atoms with Crippen molar-refractivity contribution in [2.75, 3.05) is 24.3 Å². The largest absolute Gasteiger partial charge is 0.462 e. The van der Waals surface area contributed by atoms with E-state index in [0.29, 0.717) is 23.7 Å². The third kappa shape index (κ3) is 5.83. The highest BCUT2D eigenvalue weighted by molar-refractivity contribution is 7.99. The van der Waals surface area contributed by atoms with E-state index in [9.17, 15) is 9.59 Å². The molecule has 3 heterocycles. The van der Waals surface area contributed by atoms with E-state index in [1.165, 1.54) is 28.0 Å². The second kappa shape index (κ2) is 11.7. The van der Waals surface area contributed by atoms with Gasteiger partial charge in [-0.25, -0.2) is 4.79 Å². The Balaban J connectivity index is 1.47. The Morgan fingerprint density at radius 3 is 2.79 bits per heavy atom. The Labute approximate surface area is 209 Å². The summed E-state index contributed by atoms with van der Waals surface area (Å²) in [6.07, 6.45) is 7.39. The first-order valence-electron chi connectivity index (χ1n) is 12.3. The summed E-state index contributed by atoms with van der Waals surface area (Å²) in [6.45, 7) is 7.79. The number of rotatable bonds is 9. The van der Waals surface area contributed by atoms with Gasteiger partial charge < -0.3 is 19.4 Å². The number of hydrogen-bond donors (Lipinski definition) is 1. The van der Waals surface area contributed by atoms with Gasteiger partial charge >= 0.3 is 5.97 Å². The quantitative estimate of drug-likeness (QED) is 0.296. The summed E-state index contributed by atoms with van der Waals surface area (Å²) in [5.41, 5.74) is 1.60. The molecule has 0 bridgehead atoms. The topological polar surface area (TPSA) is 95.3 Å². The Kier molecular flexibility index (Phi) is 8.65. The predicted molar refractivity (Wildman–Crippen MR) is 134 cm³/mol. The summed E-state index contributed by atoms with van der Waals surface area (Å²) in [6, 6.07) is 0. The van der Waals surface area contributed by atoms with Gasteiger partial charge in [0.25, 0.3) is 0 Å². The summed E-state index contributed by atoms with van der Waals surface area (Å²) in [5, 5.41) is 13.1. The van der Waals surface area contributed by atoms with E-state index in [1.807, 2.05) is 0 Å². The third-order valence-electron chi connectivity index (χ3n) is 6.16. The van der Waals surface area contributed by atoms with E-state index >= 15 is 0 Å². The molecule has 8 nitrogen and oxygen atoms in total. The number of nitrogens with zero attached hydrogens (tertiary/aromatic N) is 3. The van der Waals surface area contributed by atoms with Crippen molar-refractivity contribution in [2.45, 2.75) is 89.4 Å². The van der Waals surface area contributed by atoms with Crippen molar-refractivity contribution in [1.82, 2.24) is 14.8 Å². The fraction of sp³-hybridized carbons (Fsp3) is 0.667. The normalized spacial score (nSPS) is 18.1. The van der Waals surface area contributed by atoms with Crippen LogP contribution < -0.4 is 5.32 Å². The van der Waals surface area contributed by atoms with Gasteiger partial charge in [-0.2, -0.15) is 0 Å². The van der Waals surface area contributed by atoms with E-state index in [1.54, 1.807) is 6.92 Å². The second-order valence-electron chi connectivity index (χ2n) is 9.07. The summed E-state index contributed by atoms with van der Waals surface area (Å²) in [7, 11) is 0. The van der Waals surface area contributed by atoms with E-state index in [0.717, 1.165) is 68.1 Å². The number of nitrogens with one attached hydrogen (secondary N) is 1. The fourth-order valence-corrected chi connectivity index (χ4v) is 6.59. The van der Waals surface area contributed by atoms with Gasteiger partial charge in [-0.15, -0.1) is 21.5 Å². The number of esters is 1. The molecule has 34 heavy (non-hydrogen) atoms. The van der Waals surface area contributed by atoms with Crippen molar-refractivity contribution in [1.29, 1.82) is 0 Å². The first-order valence-corrected chi connectivity index (χ1v) is 14.1. The number of carbonyl (C=O) groups is 2. The minimum atomic E-state index is -0.345. The van der Waals surface area contributed by atoms with Crippen LogP contribution in [0, 0.1) is 0 Å². The minimum absolute atomic E-state index is 0.162. The van der Waals surface area contributed by atoms with Gasteiger partial charge in [-0.3, -0.25) is 4.79 Å². The molecule has 1 aliphatic carbocycles. The molecule has 1 atom stereocenters. The maximum absolute atomic E-state index is 12.9. The van der Waals surface area contributed by atoms with Gasteiger partial charge in [-0.05, 0) is 51.0 Å². The second-order valence-corrected chi connectivity index (χ2v) is 11.1. The van der Waals surface area contributed by atoms with Gasteiger partial charge in [0.15, 0.2) is 5.16 Å². The van der Waals surface area contributed by atoms with E-state index < -0.39 is 0 Å². The molecule has 2 aliphatic rings. The zero-order valence-electron chi connectivity index (χ0n) is 20.2. The van der Waals surface area contributed by atoms with Crippen LogP contribution in [0.5, 0.6) is 0 Å². The monoisotopic (exact) mass is 506 g/mol. The molecule has 0 aromatic carbocycles. The lowest BCUT2D eigenvalue weighted by atomic mass is 10.1. The number of amides is 1. The summed E-state index contributed by atoms with van der Waals surface area (Å²) < 4.78 is 13.2. The molecule has 2 aromatic heterocycles. The number of aryl methyl sites for hydroxylation is 1. The van der Waals surface area contributed by atoms with Crippen molar-refractivity contribution in [3.8, 4) is 0 Å². The predicted octanol–water partition coefficient (Wildman–Crippen LogP) is 4.82. The Hall–Kier alpha value is -1.91. The highest BCUT2D eigenvalue weighted by Crippen LogP contribution is 2.38. The van der Waals surface area contributed by atoms with Gasteiger partial charge in [0.2, 0.25) is 5.91 Å². The van der Waals surface area contributed by atoms with Crippen LogP contribution in [-0.2, 0) is 33.7 Å². The number of thioether (sulfide) groups is 1. The van der Waals surface area contributed by atoms with Crippen molar-refractivity contribution in [3.63, 3.8) is 0 Å². The van der Waals surface area contributed by atoms with Crippen LogP contribution in [0.2, 0.25) is 0 Å². The molecule has 186 valence electrons. The average Bonchev–Trinajstić information content (AvgIpc) is 3.49. The van der Waals surface area contributed by atoms with Gasteiger partial charge in [0, 0.05) is 17.4 Å². The van der Waals surface area contributed by atoms with E-state index in [2.05, 4.69) is 33.9 Å². The van der Waals surface area contributed by atoms with Crippen LogP contribution in [-0.4, -0.2) is 51.7 Å². The number of aromatic nitrogens is 3. The summed E-state index contributed by atoms with van der Waals surface area (Å²) >= 11 is 2.89. The standard InChI is InChI=1S/C24H34N4O4S2/c1-4-31-23(30)20-17-10-6-5-7-11-18(17)34-22(20)25-19(29)14-33-24-27-26-21(15(2)3)28(24)13-16-9-8-12-32-16/h15-16H,4-14H2,1-3H3,(H,25,29). The van der Waals surface area contributed by atoms with Crippen LogP contribution in [0.4, 0.5) is 5.00 Å². The van der Waals surface area contributed by atoms with E-state index in [4.69, 9.17) is 9.47 Å². The number of fused-ring (bicyclic) bond motifs is 1. The highest BCUT2D eigenvalue weighted by Gasteiger charge is 2.27. The van der Waals surface area contributed by atoms with Gasteiger partial charge in [-0.1, -0.05) is 32.0 Å². The first kappa shape index (κ1) is 25.2. The van der Waals surface area contributed by atoms with Gasteiger partial charge in [0.05, 0.1) is 30.6 Å². The molecule has 1 fully saturated rings. The lowest BCUT2D eigenvalue weighted by Gasteiger charge is -2.16. The Morgan fingerprint density at radius 1 is 1.24 bits per heavy atom. The maximum Gasteiger partial charge on any atom is 0.341 e. The Bertz CT molecular complexity index is 1010. The van der Waals surface area contributed by atoms with Gasteiger partial charge in [0.1, 0.15) is 10.8 Å². The van der Waals surface area contributed by atoms with Crippen LogP contribution in [0.1, 0.15) is 85.4 Å². The lowest BCUT2D eigenvalue weighted by molar-refractivity contribution is -0.113. The molecular weight excluding hydrogens is 472 g/mol. The van der Waals surface area contributed by atoms with Crippen LogP contribution >= 0.6 is 23.1 Å². The highest BCUT2D eigenvalue weighted by atomic mass is 32.2. The SMILES string of the molecule is CCOC(=O)c1c(NC(=O)CSc2nnc(C(C)C)n2CC2CCCO2)sc2c1CCCCC2. The molecule has 2 aromatic rings. The van der Waals surface area contributed by atoms with Crippen LogP contribution in [0.15, 0.2) is 5.16 Å². The number of carbonyl (C=O) groups excluding carboxylic acids is 2.